The van der Waals surface area contributed by atoms with Crippen molar-refractivity contribution in [2.75, 3.05) is 6.61 Å². The molecule has 1 fully saturated rings. The topological polar surface area (TPSA) is 55.4 Å². The van der Waals surface area contributed by atoms with Crippen LogP contribution in [0.1, 0.15) is 29.8 Å². The monoisotopic (exact) mass is 347 g/mol. The molecule has 0 unspecified atom stereocenters. The fourth-order valence-corrected chi connectivity index (χ4v) is 3.33. The number of hydrogen-bond acceptors (Lipinski definition) is 4. The van der Waals surface area contributed by atoms with E-state index in [9.17, 15) is 14.0 Å². The Labute approximate surface area is 143 Å². The molecule has 1 N–H and O–H groups in total. The highest BCUT2D eigenvalue weighted by Crippen LogP contribution is 2.38. The summed E-state index contributed by atoms with van der Waals surface area (Å²) < 4.78 is 18.2. The van der Waals surface area contributed by atoms with E-state index in [0.29, 0.717) is 5.92 Å². The average Bonchev–Trinajstić information content (AvgIpc) is 3.08. The van der Waals surface area contributed by atoms with Crippen LogP contribution in [0.25, 0.3) is 0 Å². The summed E-state index contributed by atoms with van der Waals surface area (Å²) in [6, 6.07) is 9.38. The third-order valence-electron chi connectivity index (χ3n) is 4.09. The Bertz CT molecular complexity index is 714. The van der Waals surface area contributed by atoms with E-state index in [-0.39, 0.29) is 30.2 Å². The molecule has 1 aliphatic rings. The van der Waals surface area contributed by atoms with Gasteiger partial charge in [0.15, 0.2) is 6.61 Å². The van der Waals surface area contributed by atoms with Crippen molar-refractivity contribution in [3.05, 3.63) is 58.0 Å². The van der Waals surface area contributed by atoms with Crippen LogP contribution in [-0.4, -0.2) is 18.5 Å². The Morgan fingerprint density at radius 2 is 2.04 bits per heavy atom. The average molecular weight is 347 g/mol. The van der Waals surface area contributed by atoms with Gasteiger partial charge in [0, 0.05) is 4.88 Å². The van der Waals surface area contributed by atoms with Gasteiger partial charge in [0.25, 0.3) is 5.91 Å². The Morgan fingerprint density at radius 1 is 1.33 bits per heavy atom. The summed E-state index contributed by atoms with van der Waals surface area (Å²) in [6.07, 6.45) is 0.827. The van der Waals surface area contributed by atoms with E-state index in [0.717, 1.165) is 16.9 Å². The van der Waals surface area contributed by atoms with Crippen molar-refractivity contribution in [1.29, 1.82) is 0 Å². The van der Waals surface area contributed by atoms with Crippen LogP contribution in [0.2, 0.25) is 0 Å². The second-order valence-electron chi connectivity index (χ2n) is 5.99. The van der Waals surface area contributed by atoms with Crippen LogP contribution >= 0.6 is 11.3 Å². The first-order valence-corrected chi connectivity index (χ1v) is 8.67. The molecule has 0 spiro atoms. The first kappa shape index (κ1) is 16.6. The van der Waals surface area contributed by atoms with Crippen molar-refractivity contribution in [3.8, 4) is 0 Å². The zero-order chi connectivity index (χ0) is 17.1. The number of benzene rings is 1. The minimum atomic E-state index is -0.392. The number of carbonyl (C=O) groups is 2. The molecule has 3 atom stereocenters. The summed E-state index contributed by atoms with van der Waals surface area (Å²) in [7, 11) is 0. The molecular formula is C18H18FNO3S. The van der Waals surface area contributed by atoms with Crippen LogP contribution in [-0.2, 0) is 14.3 Å². The molecule has 0 radical (unpaired) electrons. The number of amides is 1. The third-order valence-corrected chi connectivity index (χ3v) is 5.03. The summed E-state index contributed by atoms with van der Waals surface area (Å²) in [5.74, 6) is -0.740. The van der Waals surface area contributed by atoms with Crippen LogP contribution in [0, 0.1) is 17.7 Å². The van der Waals surface area contributed by atoms with Crippen molar-refractivity contribution >= 4 is 23.2 Å². The van der Waals surface area contributed by atoms with Crippen LogP contribution in [0.4, 0.5) is 4.39 Å². The van der Waals surface area contributed by atoms with Gasteiger partial charge >= 0.3 is 5.97 Å². The number of rotatable bonds is 6. The summed E-state index contributed by atoms with van der Waals surface area (Å²) in [4.78, 5) is 24.8. The summed E-state index contributed by atoms with van der Waals surface area (Å²) in [6.45, 7) is 1.68. The quantitative estimate of drug-likeness (QED) is 0.816. The van der Waals surface area contributed by atoms with E-state index in [1.165, 1.54) is 23.5 Å². The fraction of sp³-hybridized carbons (Fsp3) is 0.333. The van der Waals surface area contributed by atoms with Crippen LogP contribution < -0.4 is 5.32 Å². The highest BCUT2D eigenvalue weighted by molar-refractivity contribution is 7.10. The summed E-state index contributed by atoms with van der Waals surface area (Å²) >= 11 is 1.50. The second-order valence-corrected chi connectivity index (χ2v) is 6.97. The van der Waals surface area contributed by atoms with E-state index in [4.69, 9.17) is 4.74 Å². The molecule has 1 aliphatic carbocycles. The Morgan fingerprint density at radius 3 is 2.62 bits per heavy atom. The minimum Gasteiger partial charge on any atom is -0.455 e. The highest BCUT2D eigenvalue weighted by atomic mass is 32.1. The maximum atomic E-state index is 13.1. The summed E-state index contributed by atoms with van der Waals surface area (Å²) in [5.41, 5.74) is 0.773. The lowest BCUT2D eigenvalue weighted by Gasteiger charge is -2.18. The van der Waals surface area contributed by atoms with Gasteiger partial charge in [0.05, 0.1) is 12.0 Å². The van der Waals surface area contributed by atoms with Crippen LogP contribution in [0.15, 0.2) is 41.8 Å². The maximum absolute atomic E-state index is 13.1. The largest absolute Gasteiger partial charge is 0.455 e. The maximum Gasteiger partial charge on any atom is 0.309 e. The van der Waals surface area contributed by atoms with Crippen molar-refractivity contribution in [3.63, 3.8) is 0 Å². The van der Waals surface area contributed by atoms with Gasteiger partial charge in [-0.3, -0.25) is 9.59 Å². The van der Waals surface area contributed by atoms with Crippen molar-refractivity contribution < 1.29 is 18.7 Å². The standard InChI is InChI=1S/C18H18FNO3S/c1-11-9-14(11)18(22)23-10-16(21)20-17(15-3-2-8-24-15)12-4-6-13(19)7-5-12/h2-8,11,14,17H,9-10H2,1H3,(H,20,21)/t11-,14+,17-/m0/s1. The number of carbonyl (C=O) groups excluding carboxylic acids is 2. The molecule has 1 saturated carbocycles. The number of ether oxygens (including phenoxy) is 1. The van der Waals surface area contributed by atoms with Gasteiger partial charge in [-0.05, 0) is 41.5 Å². The molecule has 1 aromatic heterocycles. The Balaban J connectivity index is 1.64. The predicted molar refractivity (Wildman–Crippen MR) is 88.9 cm³/mol. The molecule has 24 heavy (non-hydrogen) atoms. The number of hydrogen-bond donors (Lipinski definition) is 1. The fourth-order valence-electron chi connectivity index (χ4n) is 2.53. The van der Waals surface area contributed by atoms with E-state index in [1.807, 2.05) is 24.4 Å². The van der Waals surface area contributed by atoms with E-state index in [1.54, 1.807) is 12.1 Å². The predicted octanol–water partition coefficient (Wildman–Crippen LogP) is 3.29. The normalized spacial score (nSPS) is 20.2. The smallest absolute Gasteiger partial charge is 0.309 e. The highest BCUT2D eigenvalue weighted by Gasteiger charge is 2.40. The second kappa shape index (κ2) is 7.13. The number of halogens is 1. The number of nitrogens with one attached hydrogen (secondary N) is 1. The van der Waals surface area contributed by atoms with Crippen LogP contribution in [0.3, 0.4) is 0 Å². The van der Waals surface area contributed by atoms with E-state index < -0.39 is 6.04 Å². The molecule has 1 amide bonds. The van der Waals surface area contributed by atoms with Gasteiger partial charge < -0.3 is 10.1 Å². The van der Waals surface area contributed by atoms with Crippen molar-refractivity contribution in [2.45, 2.75) is 19.4 Å². The van der Waals surface area contributed by atoms with Crippen LogP contribution in [0.5, 0.6) is 0 Å². The molecule has 4 nitrogen and oxygen atoms in total. The molecule has 6 heteroatoms. The molecule has 3 rings (SSSR count). The number of esters is 1. The SMILES string of the molecule is C[C@H]1C[C@H]1C(=O)OCC(=O)N[C@@H](c1ccc(F)cc1)c1cccs1. The number of thiophene rings is 1. The molecule has 126 valence electrons. The molecule has 0 saturated heterocycles. The third kappa shape index (κ3) is 4.00. The lowest BCUT2D eigenvalue weighted by Crippen LogP contribution is -2.33. The van der Waals surface area contributed by atoms with Gasteiger partial charge in [-0.1, -0.05) is 25.1 Å². The summed E-state index contributed by atoms with van der Waals surface area (Å²) in [5, 5.41) is 4.76. The van der Waals surface area contributed by atoms with Gasteiger partial charge in [-0.15, -0.1) is 11.3 Å². The molecule has 1 aromatic carbocycles. The zero-order valence-corrected chi connectivity index (χ0v) is 14.0. The molecular weight excluding hydrogens is 329 g/mol. The first-order valence-electron chi connectivity index (χ1n) is 7.79. The van der Waals surface area contributed by atoms with Gasteiger partial charge in [-0.25, -0.2) is 4.39 Å². The minimum absolute atomic E-state index is 0.0667. The Kier molecular flexibility index (Phi) is 4.94. The molecule has 0 aliphatic heterocycles. The Hall–Kier alpha value is -2.21. The van der Waals surface area contributed by atoms with Gasteiger partial charge in [0.2, 0.25) is 0 Å². The lowest BCUT2D eigenvalue weighted by molar-refractivity contribution is -0.150. The molecule has 2 aromatic rings. The zero-order valence-electron chi connectivity index (χ0n) is 13.2. The van der Waals surface area contributed by atoms with Crippen molar-refractivity contribution in [2.24, 2.45) is 11.8 Å². The van der Waals surface area contributed by atoms with Crippen molar-refractivity contribution in [1.82, 2.24) is 5.32 Å². The molecule has 1 heterocycles. The lowest BCUT2D eigenvalue weighted by atomic mass is 10.1. The van der Waals surface area contributed by atoms with E-state index >= 15 is 0 Å². The van der Waals surface area contributed by atoms with Gasteiger partial charge in [-0.2, -0.15) is 0 Å². The molecule has 0 bridgehead atoms. The first-order chi connectivity index (χ1) is 11.5. The van der Waals surface area contributed by atoms with E-state index in [2.05, 4.69) is 5.32 Å². The van der Waals surface area contributed by atoms with Gasteiger partial charge in [0.1, 0.15) is 5.82 Å².